The lowest BCUT2D eigenvalue weighted by Crippen LogP contribution is -2.35. The van der Waals surface area contributed by atoms with Crippen molar-refractivity contribution in [3.8, 4) is 11.1 Å². The maximum absolute atomic E-state index is 12.7. The highest BCUT2D eigenvalue weighted by atomic mass is 16.2. The van der Waals surface area contributed by atoms with Gasteiger partial charge in [-0.25, -0.2) is 0 Å². The lowest BCUT2D eigenvalue weighted by Gasteiger charge is -2.26. The van der Waals surface area contributed by atoms with Crippen LogP contribution in [-0.4, -0.2) is 41.9 Å². The fraction of sp³-hybridized carbons (Fsp3) is 0.458. The normalized spacial score (nSPS) is 19.2. The lowest BCUT2D eigenvalue weighted by molar-refractivity contribution is 0.0724. The molecule has 2 aromatic carbocycles. The van der Waals surface area contributed by atoms with Gasteiger partial charge in [0.15, 0.2) is 0 Å². The number of benzene rings is 2. The molecule has 27 heavy (non-hydrogen) atoms. The van der Waals surface area contributed by atoms with Gasteiger partial charge in [0.1, 0.15) is 0 Å². The zero-order valence-corrected chi connectivity index (χ0v) is 16.4. The zero-order valence-electron chi connectivity index (χ0n) is 16.4. The number of piperidine rings is 1. The van der Waals surface area contributed by atoms with Gasteiger partial charge in [-0.15, -0.1) is 0 Å². The molecule has 2 fully saturated rings. The Labute approximate surface area is 163 Å². The number of carbonyl (C=O) groups is 1. The molecule has 2 aromatic rings. The van der Waals surface area contributed by atoms with E-state index in [0.29, 0.717) is 6.04 Å². The molecule has 0 radical (unpaired) electrons. The third-order valence-electron chi connectivity index (χ3n) is 6.17. The number of hydrogen-bond acceptors (Lipinski definition) is 2. The first kappa shape index (κ1) is 18.2. The fourth-order valence-corrected chi connectivity index (χ4v) is 4.40. The van der Waals surface area contributed by atoms with Gasteiger partial charge < -0.3 is 4.90 Å². The molecule has 1 amide bonds. The van der Waals surface area contributed by atoms with Crippen LogP contribution < -0.4 is 0 Å². The third-order valence-corrected chi connectivity index (χ3v) is 6.17. The highest BCUT2D eigenvalue weighted by Gasteiger charge is 2.20. The Kier molecular flexibility index (Phi) is 5.58. The van der Waals surface area contributed by atoms with Crippen LogP contribution in [-0.2, 0) is 0 Å². The van der Waals surface area contributed by atoms with Crippen LogP contribution in [0.2, 0.25) is 0 Å². The first-order valence-electron chi connectivity index (χ1n) is 10.5. The molecule has 4 rings (SSSR count). The van der Waals surface area contributed by atoms with E-state index in [9.17, 15) is 4.79 Å². The summed E-state index contributed by atoms with van der Waals surface area (Å²) in [6.45, 7) is 6.52. The van der Waals surface area contributed by atoms with Crippen molar-refractivity contribution in [2.24, 2.45) is 0 Å². The van der Waals surface area contributed by atoms with Gasteiger partial charge >= 0.3 is 0 Å². The number of carbonyl (C=O) groups excluding carboxylic acids is 1. The van der Waals surface area contributed by atoms with Crippen molar-refractivity contribution in [2.45, 2.75) is 45.1 Å². The van der Waals surface area contributed by atoms with E-state index in [1.165, 1.54) is 49.0 Å². The summed E-state index contributed by atoms with van der Waals surface area (Å²) in [6.07, 6.45) is 6.14. The first-order valence-corrected chi connectivity index (χ1v) is 10.5. The second-order valence-electron chi connectivity index (χ2n) is 7.97. The smallest absolute Gasteiger partial charge is 0.253 e. The van der Waals surface area contributed by atoms with E-state index < -0.39 is 0 Å². The Morgan fingerprint density at radius 3 is 2.19 bits per heavy atom. The highest BCUT2D eigenvalue weighted by Crippen LogP contribution is 2.28. The Morgan fingerprint density at radius 2 is 1.48 bits per heavy atom. The maximum atomic E-state index is 12.7. The molecule has 0 N–H and O–H groups in total. The second-order valence-corrected chi connectivity index (χ2v) is 7.97. The summed E-state index contributed by atoms with van der Waals surface area (Å²) in [6, 6.07) is 17.5. The second kappa shape index (κ2) is 8.26. The maximum Gasteiger partial charge on any atom is 0.253 e. The number of nitrogens with zero attached hydrogens (tertiary/aromatic N) is 2. The number of amides is 1. The predicted molar refractivity (Wildman–Crippen MR) is 111 cm³/mol. The van der Waals surface area contributed by atoms with Gasteiger partial charge in [-0.05, 0) is 87.0 Å². The zero-order chi connectivity index (χ0) is 18.6. The molecule has 2 aliphatic rings. The van der Waals surface area contributed by atoms with Crippen molar-refractivity contribution in [1.82, 2.24) is 9.80 Å². The number of rotatable bonds is 4. The summed E-state index contributed by atoms with van der Waals surface area (Å²) in [7, 11) is 0. The van der Waals surface area contributed by atoms with E-state index in [1.807, 2.05) is 17.0 Å². The molecular formula is C24H30N2O. The van der Waals surface area contributed by atoms with Crippen molar-refractivity contribution < 1.29 is 4.79 Å². The van der Waals surface area contributed by atoms with Crippen molar-refractivity contribution in [1.29, 1.82) is 0 Å². The van der Waals surface area contributed by atoms with Gasteiger partial charge in [-0.2, -0.15) is 0 Å². The van der Waals surface area contributed by atoms with Crippen LogP contribution >= 0.6 is 0 Å². The van der Waals surface area contributed by atoms with Gasteiger partial charge in [-0.1, -0.05) is 30.3 Å². The minimum Gasteiger partial charge on any atom is -0.339 e. The minimum atomic E-state index is 0.178. The number of hydrogen-bond donors (Lipinski definition) is 0. The van der Waals surface area contributed by atoms with E-state index in [0.717, 1.165) is 31.5 Å². The molecule has 3 nitrogen and oxygen atoms in total. The Balaban J connectivity index is 1.50. The summed E-state index contributed by atoms with van der Waals surface area (Å²) in [5.74, 6) is 0.178. The summed E-state index contributed by atoms with van der Waals surface area (Å²) >= 11 is 0. The third kappa shape index (κ3) is 4.08. The molecule has 0 aromatic heterocycles. The van der Waals surface area contributed by atoms with Gasteiger partial charge in [0.05, 0.1) is 0 Å². The van der Waals surface area contributed by atoms with Crippen LogP contribution in [0.25, 0.3) is 11.1 Å². The molecule has 0 spiro atoms. The molecule has 142 valence electrons. The van der Waals surface area contributed by atoms with Crippen molar-refractivity contribution in [3.63, 3.8) is 0 Å². The Hall–Kier alpha value is -2.13. The molecule has 2 saturated heterocycles. The van der Waals surface area contributed by atoms with E-state index in [4.69, 9.17) is 0 Å². The summed E-state index contributed by atoms with van der Waals surface area (Å²) in [5.41, 5.74) is 4.60. The average molecular weight is 363 g/mol. The highest BCUT2D eigenvalue weighted by molar-refractivity contribution is 5.94. The molecule has 0 aliphatic carbocycles. The predicted octanol–water partition coefficient (Wildman–Crippen LogP) is 5.14. The molecular weight excluding hydrogens is 332 g/mol. The van der Waals surface area contributed by atoms with Crippen LogP contribution in [0.4, 0.5) is 0 Å². The minimum absolute atomic E-state index is 0.178. The SMILES string of the molecule is C[C@@H](c1cccc(-c2ccc(C(=O)N3CCCCC3)cc2)c1)N1CCCC1. The monoisotopic (exact) mass is 362 g/mol. The largest absolute Gasteiger partial charge is 0.339 e. The van der Waals surface area contributed by atoms with Gasteiger partial charge in [0, 0.05) is 24.7 Å². The molecule has 0 unspecified atom stereocenters. The summed E-state index contributed by atoms with van der Waals surface area (Å²) in [4.78, 5) is 17.2. The van der Waals surface area contributed by atoms with E-state index in [-0.39, 0.29) is 5.91 Å². The van der Waals surface area contributed by atoms with Crippen molar-refractivity contribution in [3.05, 3.63) is 59.7 Å². The van der Waals surface area contributed by atoms with Crippen LogP contribution in [0.5, 0.6) is 0 Å². The quantitative estimate of drug-likeness (QED) is 0.752. The van der Waals surface area contributed by atoms with Crippen molar-refractivity contribution >= 4 is 5.91 Å². The standard InChI is InChI=1S/C24H30N2O/c1-19(25-14-5-6-15-25)22-8-7-9-23(18-22)20-10-12-21(13-11-20)24(27)26-16-3-2-4-17-26/h7-13,18-19H,2-6,14-17H2,1H3/t19-/m0/s1. The fourth-order valence-electron chi connectivity index (χ4n) is 4.40. The van der Waals surface area contributed by atoms with Crippen LogP contribution in [0, 0.1) is 0 Å². The molecule has 3 heteroatoms. The van der Waals surface area contributed by atoms with Crippen LogP contribution in [0.3, 0.4) is 0 Å². The molecule has 0 saturated carbocycles. The van der Waals surface area contributed by atoms with Crippen molar-refractivity contribution in [2.75, 3.05) is 26.2 Å². The van der Waals surface area contributed by atoms with Gasteiger partial charge in [0.25, 0.3) is 5.91 Å². The topological polar surface area (TPSA) is 23.6 Å². The van der Waals surface area contributed by atoms with E-state index in [2.05, 4.69) is 48.2 Å². The number of likely N-dealkylation sites (tertiary alicyclic amines) is 2. The molecule has 1 atom stereocenters. The lowest BCUT2D eigenvalue weighted by atomic mass is 9.98. The summed E-state index contributed by atoms with van der Waals surface area (Å²) in [5, 5.41) is 0. The average Bonchev–Trinajstić information content (AvgIpc) is 3.28. The van der Waals surface area contributed by atoms with E-state index >= 15 is 0 Å². The van der Waals surface area contributed by atoms with Crippen LogP contribution in [0.15, 0.2) is 48.5 Å². The van der Waals surface area contributed by atoms with Gasteiger partial charge in [0.2, 0.25) is 0 Å². The van der Waals surface area contributed by atoms with Gasteiger partial charge in [-0.3, -0.25) is 9.69 Å². The molecule has 0 bridgehead atoms. The molecule has 2 aliphatic heterocycles. The van der Waals surface area contributed by atoms with Crippen LogP contribution in [0.1, 0.15) is 61.0 Å². The Morgan fingerprint density at radius 1 is 0.815 bits per heavy atom. The first-order chi connectivity index (χ1) is 13.2. The Bertz CT molecular complexity index is 771. The van der Waals surface area contributed by atoms with E-state index in [1.54, 1.807) is 0 Å². The summed E-state index contributed by atoms with van der Waals surface area (Å²) < 4.78 is 0. The molecule has 2 heterocycles.